The first-order valence-electron chi connectivity index (χ1n) is 7.27. The number of aryl methyl sites for hydroxylation is 1. The third-order valence-corrected chi connectivity index (χ3v) is 3.28. The molecule has 0 aliphatic carbocycles. The topological polar surface area (TPSA) is 97.4 Å². The monoisotopic (exact) mass is 325 g/mol. The zero-order valence-electron chi connectivity index (χ0n) is 12.9. The van der Waals surface area contributed by atoms with Gasteiger partial charge in [-0.05, 0) is 43.3 Å². The second kappa shape index (κ2) is 6.82. The highest BCUT2D eigenvalue weighted by molar-refractivity contribution is 6.04. The van der Waals surface area contributed by atoms with E-state index >= 15 is 0 Å². The Morgan fingerprint density at radius 3 is 2.38 bits per heavy atom. The van der Waals surface area contributed by atoms with E-state index in [0.29, 0.717) is 35.0 Å². The second-order valence-electron chi connectivity index (χ2n) is 5.12. The van der Waals surface area contributed by atoms with Crippen LogP contribution in [0.25, 0.3) is 0 Å². The van der Waals surface area contributed by atoms with Crippen molar-refractivity contribution in [3.8, 4) is 0 Å². The summed E-state index contributed by atoms with van der Waals surface area (Å²) in [5.74, 6) is 1.05. The molecule has 3 aromatic rings. The largest absolute Gasteiger partial charge is 0.467 e. The zero-order valence-corrected chi connectivity index (χ0v) is 12.9. The molecule has 7 heteroatoms. The number of benzene rings is 1. The van der Waals surface area contributed by atoms with Gasteiger partial charge in [-0.2, -0.15) is 0 Å². The zero-order chi connectivity index (χ0) is 16.9. The molecule has 0 spiro atoms. The van der Waals surface area contributed by atoms with Crippen molar-refractivity contribution in [3.63, 3.8) is 0 Å². The number of hydrogen-bond acceptors (Lipinski definition) is 5. The van der Waals surface area contributed by atoms with Gasteiger partial charge in [0.25, 0.3) is 11.8 Å². The van der Waals surface area contributed by atoms with Crippen molar-refractivity contribution in [3.05, 3.63) is 71.4 Å². The lowest BCUT2D eigenvalue weighted by molar-refractivity contribution is 0.0946. The van der Waals surface area contributed by atoms with Crippen LogP contribution in [0.4, 0.5) is 5.82 Å². The summed E-state index contributed by atoms with van der Waals surface area (Å²) in [6, 6.07) is 11.5. The van der Waals surface area contributed by atoms with Crippen LogP contribution in [0.1, 0.15) is 32.2 Å². The molecule has 7 nitrogen and oxygen atoms in total. The van der Waals surface area contributed by atoms with Crippen LogP contribution in [0, 0.1) is 6.92 Å². The number of amides is 2. The number of nitrogens with zero attached hydrogens (tertiary/aromatic N) is 1. The molecule has 0 atom stereocenters. The van der Waals surface area contributed by atoms with Gasteiger partial charge in [0.1, 0.15) is 11.5 Å². The molecule has 0 fully saturated rings. The van der Waals surface area contributed by atoms with Crippen LogP contribution in [0.15, 0.2) is 57.7 Å². The molecule has 24 heavy (non-hydrogen) atoms. The quantitative estimate of drug-likeness (QED) is 0.752. The van der Waals surface area contributed by atoms with Gasteiger partial charge >= 0.3 is 0 Å². The van der Waals surface area contributed by atoms with Crippen molar-refractivity contribution in [1.82, 2.24) is 10.5 Å². The molecule has 0 unspecified atom stereocenters. The van der Waals surface area contributed by atoms with Gasteiger partial charge in [0, 0.05) is 17.2 Å². The first kappa shape index (κ1) is 15.5. The molecule has 2 amide bonds. The molecular formula is C17H15N3O4. The lowest BCUT2D eigenvalue weighted by atomic mass is 10.1. The van der Waals surface area contributed by atoms with Crippen molar-refractivity contribution in [2.75, 3.05) is 5.32 Å². The normalized spacial score (nSPS) is 10.4. The van der Waals surface area contributed by atoms with Crippen molar-refractivity contribution in [2.45, 2.75) is 13.5 Å². The summed E-state index contributed by atoms with van der Waals surface area (Å²) in [6.45, 7) is 2.04. The Labute approximate surface area is 137 Å². The predicted octanol–water partition coefficient (Wildman–Crippen LogP) is 2.76. The number of aromatic nitrogens is 1. The summed E-state index contributed by atoms with van der Waals surface area (Å²) in [5.41, 5.74) is 0.869. The van der Waals surface area contributed by atoms with Crippen LogP contribution in [-0.4, -0.2) is 17.0 Å². The minimum absolute atomic E-state index is 0.245. The highest BCUT2D eigenvalue weighted by Crippen LogP contribution is 2.11. The maximum Gasteiger partial charge on any atom is 0.256 e. The van der Waals surface area contributed by atoms with Crippen molar-refractivity contribution in [2.24, 2.45) is 0 Å². The summed E-state index contributed by atoms with van der Waals surface area (Å²) in [4.78, 5) is 24.1. The third kappa shape index (κ3) is 3.70. The molecule has 0 aliphatic rings. The Morgan fingerprint density at radius 2 is 1.79 bits per heavy atom. The molecule has 1 aromatic carbocycles. The standard InChI is InChI=1S/C17H15N3O4/c1-11-9-15(20-24-11)19-17(22)13-6-4-12(5-7-13)16(21)18-10-14-3-2-8-23-14/h2-9H,10H2,1H3,(H,18,21)(H,19,20,22). The Morgan fingerprint density at radius 1 is 1.08 bits per heavy atom. The Hall–Kier alpha value is -3.35. The van der Waals surface area contributed by atoms with Gasteiger partial charge in [-0.3, -0.25) is 9.59 Å². The van der Waals surface area contributed by atoms with E-state index in [4.69, 9.17) is 8.94 Å². The van der Waals surface area contributed by atoms with Crippen LogP contribution in [0.2, 0.25) is 0 Å². The minimum atomic E-state index is -0.328. The first-order chi connectivity index (χ1) is 11.6. The van der Waals surface area contributed by atoms with Crippen LogP contribution < -0.4 is 10.6 Å². The summed E-state index contributed by atoms with van der Waals surface area (Å²) in [5, 5.41) is 9.05. The molecule has 0 radical (unpaired) electrons. The molecule has 2 heterocycles. The number of hydrogen-bond donors (Lipinski definition) is 2. The highest BCUT2D eigenvalue weighted by atomic mass is 16.5. The Bertz CT molecular complexity index is 835. The number of furan rings is 1. The van der Waals surface area contributed by atoms with E-state index in [1.54, 1.807) is 55.7 Å². The number of anilines is 1. The SMILES string of the molecule is Cc1cc(NC(=O)c2ccc(C(=O)NCc3ccco3)cc2)no1. The van der Waals surface area contributed by atoms with E-state index in [9.17, 15) is 9.59 Å². The van der Waals surface area contributed by atoms with Gasteiger partial charge in [-0.15, -0.1) is 0 Å². The van der Waals surface area contributed by atoms with E-state index in [1.807, 2.05) is 0 Å². The van der Waals surface area contributed by atoms with Crippen LogP contribution in [0.5, 0.6) is 0 Å². The molecule has 2 aromatic heterocycles. The fraction of sp³-hybridized carbons (Fsp3) is 0.118. The summed E-state index contributed by atoms with van der Waals surface area (Å²) < 4.78 is 10.0. The van der Waals surface area contributed by atoms with Gasteiger partial charge in [0.2, 0.25) is 0 Å². The summed E-state index contributed by atoms with van der Waals surface area (Å²) in [6.07, 6.45) is 1.55. The minimum Gasteiger partial charge on any atom is -0.467 e. The van der Waals surface area contributed by atoms with Gasteiger partial charge in [0.15, 0.2) is 5.82 Å². The number of nitrogens with one attached hydrogen (secondary N) is 2. The second-order valence-corrected chi connectivity index (χ2v) is 5.12. The summed E-state index contributed by atoms with van der Waals surface area (Å²) in [7, 11) is 0. The van der Waals surface area contributed by atoms with Gasteiger partial charge in [-0.25, -0.2) is 0 Å². The van der Waals surface area contributed by atoms with Gasteiger partial charge < -0.3 is 19.6 Å². The lowest BCUT2D eigenvalue weighted by Gasteiger charge is -2.05. The average Bonchev–Trinajstić information content (AvgIpc) is 3.24. The van der Waals surface area contributed by atoms with Crippen molar-refractivity contribution in [1.29, 1.82) is 0 Å². The van der Waals surface area contributed by atoms with Crippen LogP contribution >= 0.6 is 0 Å². The van der Waals surface area contributed by atoms with E-state index in [1.165, 1.54) is 0 Å². The fourth-order valence-corrected chi connectivity index (χ4v) is 2.07. The Kier molecular flexibility index (Phi) is 4.42. The van der Waals surface area contributed by atoms with Crippen molar-refractivity contribution >= 4 is 17.6 Å². The van der Waals surface area contributed by atoms with Gasteiger partial charge in [-0.1, -0.05) is 5.16 Å². The maximum absolute atomic E-state index is 12.1. The highest BCUT2D eigenvalue weighted by Gasteiger charge is 2.11. The maximum atomic E-state index is 12.1. The molecule has 0 bridgehead atoms. The first-order valence-corrected chi connectivity index (χ1v) is 7.27. The molecule has 2 N–H and O–H groups in total. The lowest BCUT2D eigenvalue weighted by Crippen LogP contribution is -2.22. The number of carbonyl (C=O) groups excluding carboxylic acids is 2. The molecule has 0 saturated heterocycles. The summed E-state index contributed by atoms with van der Waals surface area (Å²) >= 11 is 0. The molecule has 0 saturated carbocycles. The smallest absolute Gasteiger partial charge is 0.256 e. The van der Waals surface area contributed by atoms with Gasteiger partial charge in [0.05, 0.1) is 12.8 Å². The molecule has 0 aliphatic heterocycles. The molecular weight excluding hydrogens is 310 g/mol. The Balaban J connectivity index is 1.59. The molecule has 3 rings (SSSR count). The van der Waals surface area contributed by atoms with E-state index in [2.05, 4.69) is 15.8 Å². The van der Waals surface area contributed by atoms with Crippen molar-refractivity contribution < 1.29 is 18.5 Å². The van der Waals surface area contributed by atoms with Crippen LogP contribution in [-0.2, 0) is 6.54 Å². The van der Waals surface area contributed by atoms with E-state index in [0.717, 1.165) is 0 Å². The fourth-order valence-electron chi connectivity index (χ4n) is 2.07. The average molecular weight is 325 g/mol. The third-order valence-electron chi connectivity index (χ3n) is 3.28. The van der Waals surface area contributed by atoms with Crippen LogP contribution in [0.3, 0.4) is 0 Å². The van der Waals surface area contributed by atoms with E-state index in [-0.39, 0.29) is 11.8 Å². The predicted molar refractivity (Wildman–Crippen MR) is 85.5 cm³/mol. The number of rotatable bonds is 5. The van der Waals surface area contributed by atoms with E-state index < -0.39 is 0 Å². The molecule has 122 valence electrons. The number of carbonyl (C=O) groups is 2.